The fraction of sp³-hybridized carbons (Fsp3) is 0.444. The maximum absolute atomic E-state index is 2.20. The number of benzene rings is 1. The van der Waals surface area contributed by atoms with E-state index in [1.807, 2.05) is 34.6 Å². The maximum Gasteiger partial charge on any atom is -0.0187 e. The van der Waals surface area contributed by atoms with Crippen LogP contribution in [0.1, 0.15) is 59.6 Å². The first-order chi connectivity index (χ1) is 8.81. The van der Waals surface area contributed by atoms with Crippen molar-refractivity contribution in [2.75, 3.05) is 0 Å². The van der Waals surface area contributed by atoms with E-state index < -0.39 is 0 Å². The standard InChI is InChI=1S/C14H18.2C2H6/c1-4-7-13(6-3)14-10-8-12(5-2)9-11-14;2*1-2/h4,6-11H,5H2,1-3H3;2*1-2H3/b7-4-,13-6+;;. The van der Waals surface area contributed by atoms with Crippen LogP contribution >= 0.6 is 0 Å². The van der Waals surface area contributed by atoms with Crippen molar-refractivity contribution in [2.45, 2.75) is 54.9 Å². The van der Waals surface area contributed by atoms with Gasteiger partial charge in [0.25, 0.3) is 0 Å². The summed E-state index contributed by atoms with van der Waals surface area (Å²) in [6.07, 6.45) is 7.46. The van der Waals surface area contributed by atoms with E-state index in [4.69, 9.17) is 0 Å². The highest BCUT2D eigenvalue weighted by Gasteiger charge is 1.95. The van der Waals surface area contributed by atoms with Crippen molar-refractivity contribution in [3.8, 4) is 0 Å². The van der Waals surface area contributed by atoms with E-state index in [2.05, 4.69) is 56.3 Å². The second kappa shape index (κ2) is 13.8. The van der Waals surface area contributed by atoms with Gasteiger partial charge in [-0.15, -0.1) is 0 Å². The largest absolute Gasteiger partial charge is 0.0871 e. The molecule has 18 heavy (non-hydrogen) atoms. The van der Waals surface area contributed by atoms with Crippen molar-refractivity contribution in [3.05, 3.63) is 53.6 Å². The molecule has 0 aromatic heterocycles. The van der Waals surface area contributed by atoms with Gasteiger partial charge in [0.2, 0.25) is 0 Å². The average molecular weight is 246 g/mol. The molecule has 0 fully saturated rings. The molecule has 1 aromatic rings. The average Bonchev–Trinajstić information content (AvgIpc) is 2.49. The van der Waals surface area contributed by atoms with Gasteiger partial charge in [0.15, 0.2) is 0 Å². The molecule has 0 unspecified atom stereocenters. The molecule has 0 aliphatic heterocycles. The monoisotopic (exact) mass is 246 g/mol. The summed E-state index contributed by atoms with van der Waals surface area (Å²) in [6.45, 7) is 14.3. The molecule has 0 saturated heterocycles. The number of allylic oxidation sites excluding steroid dienone is 4. The predicted octanol–water partition coefficient (Wildman–Crippen LogP) is 6.28. The molecule has 102 valence electrons. The molecule has 0 N–H and O–H groups in total. The van der Waals surface area contributed by atoms with Gasteiger partial charge in [-0.1, -0.05) is 77.1 Å². The second-order valence-corrected chi connectivity index (χ2v) is 3.29. The van der Waals surface area contributed by atoms with Gasteiger partial charge in [0.05, 0.1) is 0 Å². The van der Waals surface area contributed by atoms with Crippen LogP contribution in [0.3, 0.4) is 0 Å². The predicted molar refractivity (Wildman–Crippen MR) is 87.0 cm³/mol. The third-order valence-corrected chi connectivity index (χ3v) is 2.35. The topological polar surface area (TPSA) is 0 Å². The van der Waals surface area contributed by atoms with E-state index >= 15 is 0 Å². The SMILES string of the molecule is C/C=C\C(=C/C)c1ccc(CC)cc1.CC.CC. The van der Waals surface area contributed by atoms with Crippen LogP contribution in [0.25, 0.3) is 5.57 Å². The van der Waals surface area contributed by atoms with Crippen molar-refractivity contribution in [1.29, 1.82) is 0 Å². The Kier molecular flexibility index (Phi) is 14.6. The summed E-state index contributed by atoms with van der Waals surface area (Å²) < 4.78 is 0. The van der Waals surface area contributed by atoms with Crippen LogP contribution in [0.5, 0.6) is 0 Å². The van der Waals surface area contributed by atoms with E-state index in [1.54, 1.807) is 0 Å². The van der Waals surface area contributed by atoms with Crippen LogP contribution in [0, 0.1) is 0 Å². The first-order valence-corrected chi connectivity index (χ1v) is 7.20. The second-order valence-electron chi connectivity index (χ2n) is 3.29. The van der Waals surface area contributed by atoms with Crippen molar-refractivity contribution in [3.63, 3.8) is 0 Å². The van der Waals surface area contributed by atoms with Crippen LogP contribution < -0.4 is 0 Å². The highest BCUT2D eigenvalue weighted by molar-refractivity contribution is 5.73. The quantitative estimate of drug-likeness (QED) is 0.550. The van der Waals surface area contributed by atoms with Gasteiger partial charge in [-0.05, 0) is 37.0 Å². The number of aryl methyl sites for hydroxylation is 1. The number of hydrogen-bond acceptors (Lipinski definition) is 0. The number of hydrogen-bond donors (Lipinski definition) is 0. The lowest BCUT2D eigenvalue weighted by Crippen LogP contribution is -1.83. The summed E-state index contributed by atoms with van der Waals surface area (Å²) >= 11 is 0. The molecular weight excluding hydrogens is 216 g/mol. The molecule has 0 bridgehead atoms. The Hall–Kier alpha value is -1.30. The van der Waals surface area contributed by atoms with Crippen LogP contribution in [0.15, 0.2) is 42.5 Å². The number of rotatable bonds is 3. The molecule has 0 heteroatoms. The third-order valence-electron chi connectivity index (χ3n) is 2.35. The molecule has 0 nitrogen and oxygen atoms in total. The van der Waals surface area contributed by atoms with Crippen LogP contribution in [0.4, 0.5) is 0 Å². The minimum absolute atomic E-state index is 1.11. The van der Waals surface area contributed by atoms with Crippen LogP contribution in [-0.2, 0) is 6.42 Å². The van der Waals surface area contributed by atoms with Gasteiger partial charge in [-0.25, -0.2) is 0 Å². The minimum atomic E-state index is 1.11. The lowest BCUT2D eigenvalue weighted by molar-refractivity contribution is 1.14. The molecule has 1 rings (SSSR count). The molecule has 0 aliphatic rings. The zero-order valence-corrected chi connectivity index (χ0v) is 13.2. The van der Waals surface area contributed by atoms with Gasteiger partial charge in [-0.3, -0.25) is 0 Å². The van der Waals surface area contributed by atoms with Crippen LogP contribution in [0.2, 0.25) is 0 Å². The Morgan fingerprint density at radius 3 is 1.78 bits per heavy atom. The highest BCUT2D eigenvalue weighted by Crippen LogP contribution is 2.16. The first-order valence-electron chi connectivity index (χ1n) is 7.20. The van der Waals surface area contributed by atoms with Gasteiger partial charge in [0.1, 0.15) is 0 Å². The van der Waals surface area contributed by atoms with Gasteiger partial charge >= 0.3 is 0 Å². The summed E-state index contributed by atoms with van der Waals surface area (Å²) in [5.74, 6) is 0. The first kappa shape index (κ1) is 19.0. The molecular formula is C18H30. The fourth-order valence-electron chi connectivity index (χ4n) is 1.47. The molecule has 0 radical (unpaired) electrons. The maximum atomic E-state index is 2.20. The lowest BCUT2D eigenvalue weighted by atomic mass is 10.0. The minimum Gasteiger partial charge on any atom is -0.0871 e. The van der Waals surface area contributed by atoms with Crippen molar-refractivity contribution in [2.24, 2.45) is 0 Å². The van der Waals surface area contributed by atoms with E-state index in [9.17, 15) is 0 Å². The van der Waals surface area contributed by atoms with Crippen molar-refractivity contribution >= 4 is 5.57 Å². The van der Waals surface area contributed by atoms with E-state index in [-0.39, 0.29) is 0 Å². The Morgan fingerprint density at radius 1 is 0.944 bits per heavy atom. The molecule has 0 aliphatic carbocycles. The Labute approximate surface area is 114 Å². The zero-order chi connectivity index (χ0) is 14.4. The third kappa shape index (κ3) is 7.11. The fourth-order valence-corrected chi connectivity index (χ4v) is 1.47. The lowest BCUT2D eigenvalue weighted by Gasteiger charge is -2.03. The van der Waals surface area contributed by atoms with E-state index in [1.165, 1.54) is 16.7 Å². The van der Waals surface area contributed by atoms with Crippen LogP contribution in [-0.4, -0.2) is 0 Å². The summed E-state index contributed by atoms with van der Waals surface area (Å²) in [6, 6.07) is 8.77. The Bertz CT molecular complexity index is 326. The molecule has 0 heterocycles. The van der Waals surface area contributed by atoms with E-state index in [0.717, 1.165) is 6.42 Å². The smallest absolute Gasteiger partial charge is 0.0187 e. The normalized spacial score (nSPS) is 10.3. The molecule has 0 spiro atoms. The van der Waals surface area contributed by atoms with E-state index in [0.29, 0.717) is 0 Å². The molecule has 1 aromatic carbocycles. The Balaban J connectivity index is 0. The van der Waals surface area contributed by atoms with Gasteiger partial charge in [0, 0.05) is 0 Å². The molecule has 0 saturated carbocycles. The summed E-state index contributed by atoms with van der Waals surface area (Å²) in [5, 5.41) is 0. The van der Waals surface area contributed by atoms with Crippen molar-refractivity contribution in [1.82, 2.24) is 0 Å². The van der Waals surface area contributed by atoms with Crippen molar-refractivity contribution < 1.29 is 0 Å². The summed E-state index contributed by atoms with van der Waals surface area (Å²) in [4.78, 5) is 0. The molecule has 0 amide bonds. The molecule has 0 atom stereocenters. The zero-order valence-electron chi connectivity index (χ0n) is 13.2. The van der Waals surface area contributed by atoms with Gasteiger partial charge < -0.3 is 0 Å². The summed E-state index contributed by atoms with van der Waals surface area (Å²) in [5.41, 5.74) is 3.97. The Morgan fingerprint density at radius 2 is 1.44 bits per heavy atom. The summed E-state index contributed by atoms with van der Waals surface area (Å²) in [7, 11) is 0. The van der Waals surface area contributed by atoms with Gasteiger partial charge in [-0.2, -0.15) is 0 Å². The highest BCUT2D eigenvalue weighted by atomic mass is 14.0.